The first-order valence-corrected chi connectivity index (χ1v) is 14.4. The topological polar surface area (TPSA) is 123 Å². The van der Waals surface area contributed by atoms with Crippen LogP contribution in [0.3, 0.4) is 0 Å². The SMILES string of the molecule is COc1cc(C2/C(=C(\O)c3c(C)nc4ccccn34)C(=O)C(=O)N2c2nc(C)c(C(C)=O)s2)ccc1OCCC(C)C. The van der Waals surface area contributed by atoms with Gasteiger partial charge in [-0.1, -0.05) is 37.3 Å². The van der Waals surface area contributed by atoms with Gasteiger partial charge >= 0.3 is 5.91 Å². The van der Waals surface area contributed by atoms with Gasteiger partial charge in [0.2, 0.25) is 0 Å². The number of anilines is 1. The van der Waals surface area contributed by atoms with Gasteiger partial charge in [0.05, 0.1) is 41.6 Å². The molecule has 1 aromatic carbocycles. The van der Waals surface area contributed by atoms with Gasteiger partial charge < -0.3 is 14.6 Å². The molecular weight excluding hydrogens is 556 g/mol. The summed E-state index contributed by atoms with van der Waals surface area (Å²) in [4.78, 5) is 50.3. The number of ether oxygens (including phenoxy) is 2. The zero-order chi connectivity index (χ0) is 30.3. The molecular formula is C31H32N4O6S. The van der Waals surface area contributed by atoms with Crippen LogP contribution in [0.4, 0.5) is 5.13 Å². The molecule has 218 valence electrons. The van der Waals surface area contributed by atoms with Crippen LogP contribution in [0.1, 0.15) is 65.6 Å². The van der Waals surface area contributed by atoms with Crippen LogP contribution in [0.5, 0.6) is 11.5 Å². The number of aliphatic hydroxyl groups is 1. The van der Waals surface area contributed by atoms with Gasteiger partial charge in [0, 0.05) is 13.1 Å². The van der Waals surface area contributed by atoms with Crippen molar-refractivity contribution in [1.29, 1.82) is 0 Å². The van der Waals surface area contributed by atoms with E-state index in [1.165, 1.54) is 18.9 Å². The monoisotopic (exact) mass is 588 g/mol. The lowest BCUT2D eigenvalue weighted by Gasteiger charge is -2.24. The number of hydrogen-bond acceptors (Lipinski definition) is 9. The van der Waals surface area contributed by atoms with Crippen molar-refractivity contribution in [2.24, 2.45) is 5.92 Å². The third kappa shape index (κ3) is 5.04. The van der Waals surface area contributed by atoms with Crippen molar-refractivity contribution in [3.8, 4) is 11.5 Å². The Morgan fingerprint density at radius 3 is 2.52 bits per heavy atom. The van der Waals surface area contributed by atoms with Crippen LogP contribution in [0.2, 0.25) is 0 Å². The first kappa shape index (κ1) is 29.0. The van der Waals surface area contributed by atoms with Gasteiger partial charge in [0.1, 0.15) is 11.3 Å². The second kappa shape index (κ2) is 11.4. The van der Waals surface area contributed by atoms with E-state index in [2.05, 4.69) is 23.8 Å². The number of amides is 1. The Morgan fingerprint density at radius 2 is 1.86 bits per heavy atom. The third-order valence-corrected chi connectivity index (χ3v) is 8.40. The predicted molar refractivity (Wildman–Crippen MR) is 160 cm³/mol. The minimum Gasteiger partial charge on any atom is -0.505 e. The van der Waals surface area contributed by atoms with Crippen LogP contribution in [0.25, 0.3) is 11.4 Å². The zero-order valence-corrected chi connectivity index (χ0v) is 25.1. The van der Waals surface area contributed by atoms with E-state index in [1.807, 2.05) is 6.07 Å². The number of Topliss-reactive ketones (excluding diaryl/α,β-unsaturated/α-hetero) is 2. The van der Waals surface area contributed by atoms with Crippen molar-refractivity contribution in [2.75, 3.05) is 18.6 Å². The van der Waals surface area contributed by atoms with E-state index in [1.54, 1.807) is 54.8 Å². The standard InChI is InChI=1S/C31H32N4O6S/c1-16(2)12-14-41-21-11-10-20(15-22(21)40-6)26-24(27(37)25-17(3)32-23-9-7-8-13-34(23)25)28(38)30(39)35(26)31-33-18(4)29(42-31)19(5)36/h7-11,13,15-16,26,37H,12,14H2,1-6H3/b27-24+. The van der Waals surface area contributed by atoms with Crippen LogP contribution in [-0.2, 0) is 9.59 Å². The van der Waals surface area contributed by atoms with Crippen LogP contribution < -0.4 is 14.4 Å². The van der Waals surface area contributed by atoms with Gasteiger partial charge in [-0.25, -0.2) is 9.97 Å². The number of aliphatic hydroxyl groups excluding tert-OH is 1. The second-order valence-corrected chi connectivity index (χ2v) is 11.5. The van der Waals surface area contributed by atoms with Crippen molar-refractivity contribution in [2.45, 2.75) is 47.1 Å². The summed E-state index contributed by atoms with van der Waals surface area (Å²) >= 11 is 1.03. The molecule has 0 bridgehead atoms. The number of imidazole rings is 1. The molecule has 10 nitrogen and oxygen atoms in total. The normalized spacial score (nSPS) is 16.5. The van der Waals surface area contributed by atoms with Crippen LogP contribution >= 0.6 is 11.3 Å². The molecule has 5 rings (SSSR count). The smallest absolute Gasteiger partial charge is 0.301 e. The molecule has 1 saturated heterocycles. The van der Waals surface area contributed by atoms with Gasteiger partial charge in [-0.2, -0.15) is 0 Å². The molecule has 0 saturated carbocycles. The minimum absolute atomic E-state index is 0.124. The van der Waals surface area contributed by atoms with Gasteiger partial charge in [-0.15, -0.1) is 0 Å². The number of rotatable bonds is 9. The van der Waals surface area contributed by atoms with Gasteiger partial charge in [-0.05, 0) is 56.0 Å². The van der Waals surface area contributed by atoms with E-state index < -0.39 is 17.7 Å². The number of aromatic nitrogens is 3. The average molecular weight is 589 g/mol. The lowest BCUT2D eigenvalue weighted by molar-refractivity contribution is -0.132. The van der Waals surface area contributed by atoms with Crippen LogP contribution in [0, 0.1) is 19.8 Å². The number of pyridine rings is 1. The number of carbonyl (C=O) groups is 3. The Balaban J connectivity index is 1.72. The maximum absolute atomic E-state index is 13.7. The number of aryl methyl sites for hydroxylation is 2. The summed E-state index contributed by atoms with van der Waals surface area (Å²) in [6, 6.07) is 9.46. The largest absolute Gasteiger partial charge is 0.505 e. The Kier molecular flexibility index (Phi) is 7.87. The van der Waals surface area contributed by atoms with Gasteiger partial charge in [-0.3, -0.25) is 23.7 Å². The van der Waals surface area contributed by atoms with Crippen molar-refractivity contribution in [3.63, 3.8) is 0 Å². The predicted octanol–water partition coefficient (Wildman–Crippen LogP) is 5.67. The summed E-state index contributed by atoms with van der Waals surface area (Å²) in [5, 5.41) is 11.9. The zero-order valence-electron chi connectivity index (χ0n) is 24.3. The highest BCUT2D eigenvalue weighted by molar-refractivity contribution is 7.18. The summed E-state index contributed by atoms with van der Waals surface area (Å²) < 4.78 is 13.3. The highest BCUT2D eigenvalue weighted by Gasteiger charge is 2.49. The number of ketones is 2. The second-order valence-electron chi connectivity index (χ2n) is 10.6. The molecule has 0 aliphatic carbocycles. The fourth-order valence-corrected chi connectivity index (χ4v) is 6.05. The highest BCUT2D eigenvalue weighted by Crippen LogP contribution is 2.45. The first-order chi connectivity index (χ1) is 20.0. The quantitative estimate of drug-likeness (QED) is 0.115. The van der Waals surface area contributed by atoms with E-state index >= 15 is 0 Å². The van der Waals surface area contributed by atoms with Gasteiger partial charge in [0.25, 0.3) is 5.78 Å². The first-order valence-electron chi connectivity index (χ1n) is 13.6. The summed E-state index contributed by atoms with van der Waals surface area (Å²) in [5.74, 6) is -0.930. The van der Waals surface area contributed by atoms with E-state index in [4.69, 9.17) is 9.47 Å². The summed E-state index contributed by atoms with van der Waals surface area (Å²) in [6.07, 6.45) is 2.58. The fourth-order valence-electron chi connectivity index (χ4n) is 5.06. The summed E-state index contributed by atoms with van der Waals surface area (Å²) in [6.45, 7) is 9.53. The molecule has 0 spiro atoms. The molecule has 1 atom stereocenters. The summed E-state index contributed by atoms with van der Waals surface area (Å²) in [7, 11) is 1.51. The fraction of sp³-hybridized carbons (Fsp3) is 0.323. The molecule has 1 amide bonds. The van der Waals surface area contributed by atoms with Crippen molar-refractivity contribution < 1.29 is 29.0 Å². The number of methoxy groups -OCH3 is 1. The van der Waals surface area contributed by atoms with E-state index in [0.717, 1.165) is 17.8 Å². The maximum atomic E-state index is 13.7. The van der Waals surface area contributed by atoms with Crippen LogP contribution in [0.15, 0.2) is 48.2 Å². The van der Waals surface area contributed by atoms with Crippen molar-refractivity contribution in [1.82, 2.24) is 14.4 Å². The molecule has 3 aromatic heterocycles. The number of carbonyl (C=O) groups excluding carboxylic acids is 3. The molecule has 42 heavy (non-hydrogen) atoms. The molecule has 1 aliphatic rings. The molecule has 11 heteroatoms. The Bertz CT molecular complexity index is 1750. The molecule has 1 N–H and O–H groups in total. The van der Waals surface area contributed by atoms with Gasteiger partial charge in [0.15, 0.2) is 28.2 Å². The Morgan fingerprint density at radius 1 is 1.10 bits per heavy atom. The number of hydrogen-bond donors (Lipinski definition) is 1. The number of benzene rings is 1. The molecule has 0 radical (unpaired) electrons. The lowest BCUT2D eigenvalue weighted by Crippen LogP contribution is -2.29. The maximum Gasteiger partial charge on any atom is 0.301 e. The summed E-state index contributed by atoms with van der Waals surface area (Å²) in [5.41, 5.74) is 2.18. The Hall–Kier alpha value is -4.51. The molecule has 1 fully saturated rings. The average Bonchev–Trinajstić information content (AvgIpc) is 3.58. The highest BCUT2D eigenvalue weighted by atomic mass is 32.1. The van der Waals surface area contributed by atoms with E-state index in [-0.39, 0.29) is 22.2 Å². The third-order valence-electron chi connectivity index (χ3n) is 7.14. The molecule has 4 heterocycles. The minimum atomic E-state index is -1.07. The number of thiazole rings is 1. The number of fused-ring (bicyclic) bond motifs is 1. The molecule has 1 aliphatic heterocycles. The van der Waals surface area contributed by atoms with E-state index in [9.17, 15) is 19.5 Å². The molecule has 4 aromatic rings. The van der Waals surface area contributed by atoms with Crippen molar-refractivity contribution >= 4 is 45.3 Å². The molecule has 1 unspecified atom stereocenters. The lowest BCUT2D eigenvalue weighted by atomic mass is 9.96. The number of nitrogens with zero attached hydrogens (tertiary/aromatic N) is 4. The Labute approximate surface area is 247 Å². The van der Waals surface area contributed by atoms with Crippen LogP contribution in [-0.4, -0.2) is 50.7 Å². The van der Waals surface area contributed by atoms with Crippen molar-refractivity contribution in [3.05, 3.63) is 75.7 Å². The van der Waals surface area contributed by atoms with E-state index in [0.29, 0.717) is 57.2 Å².